The van der Waals surface area contributed by atoms with Crippen LogP contribution in [0.15, 0.2) is 36.4 Å². The van der Waals surface area contributed by atoms with E-state index < -0.39 is 35.7 Å². The molecule has 248 valence electrons. The minimum absolute atomic E-state index is 0.0810. The second-order valence-electron chi connectivity index (χ2n) is 11.4. The van der Waals surface area contributed by atoms with E-state index >= 15 is 0 Å². The maximum Gasteiger partial charge on any atom is 0.490 e. The number of hydrogen-bond acceptors (Lipinski definition) is 5. The van der Waals surface area contributed by atoms with Gasteiger partial charge in [0.15, 0.2) is 11.5 Å². The quantitative estimate of drug-likeness (QED) is 0.300. The van der Waals surface area contributed by atoms with Crippen LogP contribution in [0.1, 0.15) is 56.1 Å². The monoisotopic (exact) mass is 649 g/mol. The molecule has 5 rings (SSSR count). The van der Waals surface area contributed by atoms with Crippen molar-refractivity contribution in [1.29, 1.82) is 0 Å². The lowest BCUT2D eigenvalue weighted by molar-refractivity contribution is -0.192. The Balaban J connectivity index is 0.000000591. The van der Waals surface area contributed by atoms with Gasteiger partial charge >= 0.3 is 24.4 Å². The molecule has 2 aliphatic carbocycles. The number of hydrogen-bond donors (Lipinski definition) is 3. The van der Waals surface area contributed by atoms with E-state index in [1.54, 1.807) is 14.2 Å². The predicted octanol–water partition coefficient (Wildman–Crippen LogP) is 6.73. The number of carboxylic acids is 1. The highest BCUT2D eigenvalue weighted by atomic mass is 19.4. The maximum atomic E-state index is 13.6. The number of carboxylic acid groups (broad SMARTS) is 1. The summed E-state index contributed by atoms with van der Waals surface area (Å²) >= 11 is 0. The molecule has 2 aromatic rings. The van der Waals surface area contributed by atoms with E-state index in [1.807, 2.05) is 6.07 Å². The standard InChI is InChI=1S/C28H33F4N3O3.C2HF3O2/c1-37-23-9-6-17(14-24(23)38-2)27-11-10-19(16-25(27)35(13-12-27)20-4-3-5-20)34-26(36)33-18-7-8-22(29)21(15-18)28(30,31)32;3-2(4,5)1(6)7/h6-9,14-15,19-20,25H,3-5,10-13,16H2,1-2H3,(H2,33,34,36);(H,6,7). The molecule has 3 N–H and O–H groups in total. The van der Waals surface area contributed by atoms with Crippen LogP contribution in [0.3, 0.4) is 0 Å². The highest BCUT2D eigenvalue weighted by Crippen LogP contribution is 2.52. The number of anilines is 1. The fourth-order valence-electron chi connectivity index (χ4n) is 6.53. The first-order valence-corrected chi connectivity index (χ1v) is 14.3. The fourth-order valence-corrected chi connectivity index (χ4v) is 6.53. The Hall–Kier alpha value is -3.75. The van der Waals surface area contributed by atoms with Gasteiger partial charge < -0.3 is 25.2 Å². The number of nitrogens with zero attached hydrogens (tertiary/aromatic N) is 1. The van der Waals surface area contributed by atoms with E-state index in [0.29, 0.717) is 29.7 Å². The van der Waals surface area contributed by atoms with Gasteiger partial charge in [-0.1, -0.05) is 12.5 Å². The van der Waals surface area contributed by atoms with Gasteiger partial charge in [-0.15, -0.1) is 0 Å². The number of methoxy groups -OCH3 is 2. The lowest BCUT2D eigenvalue weighted by Gasteiger charge is -2.48. The molecule has 0 spiro atoms. The second-order valence-corrected chi connectivity index (χ2v) is 11.4. The number of likely N-dealkylation sites (tertiary alicyclic amines) is 1. The van der Waals surface area contributed by atoms with E-state index in [0.717, 1.165) is 38.3 Å². The minimum Gasteiger partial charge on any atom is -0.493 e. The van der Waals surface area contributed by atoms with Gasteiger partial charge in [0, 0.05) is 29.2 Å². The number of alkyl halides is 6. The van der Waals surface area contributed by atoms with Crippen LogP contribution in [-0.2, 0) is 16.4 Å². The Labute approximate surface area is 254 Å². The molecule has 1 aliphatic heterocycles. The number of nitrogens with one attached hydrogen (secondary N) is 2. The number of carbonyl (C=O) groups excluding carboxylic acids is 1. The van der Waals surface area contributed by atoms with Gasteiger partial charge in [0.05, 0.1) is 19.8 Å². The van der Waals surface area contributed by atoms with E-state index in [2.05, 4.69) is 27.7 Å². The smallest absolute Gasteiger partial charge is 0.490 e. The molecule has 0 aromatic heterocycles. The number of urea groups is 1. The van der Waals surface area contributed by atoms with Gasteiger partial charge in [-0.05, 0) is 81.0 Å². The fraction of sp³-hybridized carbons (Fsp3) is 0.533. The van der Waals surface area contributed by atoms with Crippen LogP contribution in [-0.4, -0.2) is 67.1 Å². The van der Waals surface area contributed by atoms with Crippen LogP contribution < -0.4 is 20.1 Å². The summed E-state index contributed by atoms with van der Waals surface area (Å²) < 4.78 is 95.6. The van der Waals surface area contributed by atoms with E-state index in [9.17, 15) is 35.5 Å². The zero-order valence-corrected chi connectivity index (χ0v) is 24.5. The molecule has 1 heterocycles. The molecule has 3 aliphatic rings. The molecule has 45 heavy (non-hydrogen) atoms. The Morgan fingerprint density at radius 1 is 0.956 bits per heavy atom. The molecule has 3 unspecified atom stereocenters. The lowest BCUT2D eigenvalue weighted by Crippen LogP contribution is -2.55. The number of ether oxygens (including phenoxy) is 2. The van der Waals surface area contributed by atoms with Gasteiger partial charge in [-0.25, -0.2) is 14.0 Å². The van der Waals surface area contributed by atoms with Gasteiger partial charge in [0.2, 0.25) is 0 Å². The molecule has 3 fully saturated rings. The van der Waals surface area contributed by atoms with Crippen LogP contribution >= 0.6 is 0 Å². The number of halogens is 7. The Bertz CT molecular complexity index is 1380. The topological polar surface area (TPSA) is 100 Å². The first-order valence-electron chi connectivity index (χ1n) is 14.3. The zero-order chi connectivity index (χ0) is 33.2. The first-order chi connectivity index (χ1) is 21.1. The third kappa shape index (κ3) is 7.56. The maximum absolute atomic E-state index is 13.6. The summed E-state index contributed by atoms with van der Waals surface area (Å²) in [7, 11) is 3.24. The summed E-state index contributed by atoms with van der Waals surface area (Å²) in [5, 5.41) is 12.5. The minimum atomic E-state index is -5.08. The number of aliphatic carboxylic acids is 1. The van der Waals surface area contributed by atoms with Gasteiger partial charge in [0.25, 0.3) is 0 Å². The molecule has 3 atom stereocenters. The van der Waals surface area contributed by atoms with E-state index in [4.69, 9.17) is 19.4 Å². The normalized spacial score (nSPS) is 23.6. The lowest BCUT2D eigenvalue weighted by atomic mass is 9.64. The van der Waals surface area contributed by atoms with Gasteiger partial charge in [-0.2, -0.15) is 26.3 Å². The third-order valence-electron chi connectivity index (χ3n) is 8.91. The van der Waals surface area contributed by atoms with Crippen molar-refractivity contribution in [2.24, 2.45) is 0 Å². The van der Waals surface area contributed by atoms with E-state index in [-0.39, 0.29) is 23.2 Å². The van der Waals surface area contributed by atoms with Crippen LogP contribution in [0, 0.1) is 5.82 Å². The molecule has 8 nitrogen and oxygen atoms in total. The van der Waals surface area contributed by atoms with Crippen molar-refractivity contribution in [2.45, 2.75) is 80.8 Å². The molecular formula is C30H34F7N3O5. The van der Waals surface area contributed by atoms with Crippen molar-refractivity contribution in [1.82, 2.24) is 10.2 Å². The number of carbonyl (C=O) groups is 2. The largest absolute Gasteiger partial charge is 0.493 e. The molecule has 2 amide bonds. The molecule has 0 radical (unpaired) electrons. The summed E-state index contributed by atoms with van der Waals surface area (Å²) in [6.45, 7) is 0.985. The Kier molecular flexibility index (Phi) is 10.1. The molecule has 15 heteroatoms. The van der Waals surface area contributed by atoms with Crippen molar-refractivity contribution >= 4 is 17.7 Å². The van der Waals surface area contributed by atoms with Crippen molar-refractivity contribution in [2.75, 3.05) is 26.1 Å². The number of fused-ring (bicyclic) bond motifs is 1. The highest BCUT2D eigenvalue weighted by Gasteiger charge is 2.53. The third-order valence-corrected chi connectivity index (χ3v) is 8.91. The molecule has 2 saturated carbocycles. The summed E-state index contributed by atoms with van der Waals surface area (Å²) in [4.78, 5) is 24.3. The highest BCUT2D eigenvalue weighted by molar-refractivity contribution is 5.89. The first kappa shape index (κ1) is 34.1. The van der Waals surface area contributed by atoms with Crippen molar-refractivity contribution in [3.63, 3.8) is 0 Å². The average molecular weight is 650 g/mol. The van der Waals surface area contributed by atoms with Crippen molar-refractivity contribution < 1.29 is 54.9 Å². The summed E-state index contributed by atoms with van der Waals surface area (Å²) in [6.07, 6.45) is -3.04. The SMILES string of the molecule is COc1ccc(C23CCC(NC(=O)Nc4ccc(F)c(C(F)(F)F)c4)CC2N(C2CCC2)CC3)cc1OC.O=C(O)C(F)(F)F. The van der Waals surface area contributed by atoms with Crippen LogP contribution in [0.5, 0.6) is 11.5 Å². The number of benzene rings is 2. The second kappa shape index (κ2) is 13.3. The molecular weight excluding hydrogens is 615 g/mol. The van der Waals surface area contributed by atoms with Crippen LogP contribution in [0.4, 0.5) is 41.2 Å². The van der Waals surface area contributed by atoms with Crippen molar-refractivity contribution in [3.05, 3.63) is 53.3 Å². The molecule has 1 saturated heterocycles. The Morgan fingerprint density at radius 3 is 2.18 bits per heavy atom. The molecule has 2 aromatic carbocycles. The number of rotatable bonds is 6. The summed E-state index contributed by atoms with van der Waals surface area (Å²) in [5.74, 6) is -2.76. The number of amides is 2. The van der Waals surface area contributed by atoms with Crippen LogP contribution in [0.2, 0.25) is 0 Å². The van der Waals surface area contributed by atoms with Crippen LogP contribution in [0.25, 0.3) is 0 Å². The molecule has 0 bridgehead atoms. The zero-order valence-electron chi connectivity index (χ0n) is 24.5. The average Bonchev–Trinajstić information content (AvgIpc) is 3.31. The van der Waals surface area contributed by atoms with E-state index in [1.165, 1.54) is 24.8 Å². The van der Waals surface area contributed by atoms with Gasteiger partial charge in [-0.3, -0.25) is 4.90 Å². The van der Waals surface area contributed by atoms with Gasteiger partial charge in [0.1, 0.15) is 5.82 Å². The Morgan fingerprint density at radius 2 is 1.62 bits per heavy atom. The van der Waals surface area contributed by atoms with Crippen molar-refractivity contribution in [3.8, 4) is 11.5 Å². The predicted molar refractivity (Wildman–Crippen MR) is 149 cm³/mol. The summed E-state index contributed by atoms with van der Waals surface area (Å²) in [6, 6.07) is 8.61. The summed E-state index contributed by atoms with van der Waals surface area (Å²) in [5.41, 5.74) is -0.392.